The van der Waals surface area contributed by atoms with Crippen LogP contribution in [0.15, 0.2) is 17.3 Å². The fourth-order valence-corrected chi connectivity index (χ4v) is 9.05. The summed E-state index contributed by atoms with van der Waals surface area (Å²) in [5, 5.41) is 14.7. The zero-order valence-electron chi connectivity index (χ0n) is 19.7. The summed E-state index contributed by atoms with van der Waals surface area (Å²) in [6.07, 6.45) is 13.9. The predicted octanol–water partition coefficient (Wildman–Crippen LogP) is 3.88. The number of carbonyl (C=O) groups excluding carboxylic acids is 1. The predicted molar refractivity (Wildman–Crippen MR) is 122 cm³/mol. The standard InChI is InChI=1S/C25H38N2O4S/c1-24(29)10-8-18-16(12-24)4-5-20-19(18)9-11-25(2)21(20)6-7-22(25)23(28)15-27-14-17(13-26-27)32(3,30)31/h13-14,16,18-22,29H,4-12,15H2,1-3H3/t16-,18-,19+,20+,21-,22+,24+,25-/m0/s1. The van der Waals surface area contributed by atoms with E-state index in [1.165, 1.54) is 42.6 Å². The van der Waals surface area contributed by atoms with Gasteiger partial charge in [-0.15, -0.1) is 0 Å². The molecule has 4 aliphatic rings. The van der Waals surface area contributed by atoms with Crippen LogP contribution in [0.25, 0.3) is 0 Å². The van der Waals surface area contributed by atoms with Crippen molar-refractivity contribution in [1.29, 1.82) is 0 Å². The lowest BCUT2D eigenvalue weighted by atomic mass is 9.49. The first-order valence-electron chi connectivity index (χ1n) is 12.5. The molecule has 1 aromatic heterocycles. The molecule has 1 heterocycles. The van der Waals surface area contributed by atoms with Gasteiger partial charge in [-0.25, -0.2) is 8.42 Å². The summed E-state index contributed by atoms with van der Waals surface area (Å²) < 4.78 is 25.0. The number of hydrogen-bond acceptors (Lipinski definition) is 5. The highest BCUT2D eigenvalue weighted by Crippen LogP contribution is 2.64. The van der Waals surface area contributed by atoms with Crippen molar-refractivity contribution in [3.63, 3.8) is 0 Å². The van der Waals surface area contributed by atoms with Crippen LogP contribution in [0.4, 0.5) is 0 Å². The second kappa shape index (κ2) is 7.66. The Balaban J connectivity index is 1.30. The number of rotatable bonds is 4. The van der Waals surface area contributed by atoms with Gasteiger partial charge in [-0.3, -0.25) is 9.48 Å². The van der Waals surface area contributed by atoms with Crippen LogP contribution in [0, 0.1) is 40.9 Å². The molecule has 0 aliphatic heterocycles. The zero-order valence-corrected chi connectivity index (χ0v) is 20.5. The van der Waals surface area contributed by atoms with Crippen LogP contribution in [0.5, 0.6) is 0 Å². The highest BCUT2D eigenvalue weighted by molar-refractivity contribution is 7.90. The van der Waals surface area contributed by atoms with Gasteiger partial charge in [0, 0.05) is 18.4 Å². The van der Waals surface area contributed by atoms with Gasteiger partial charge in [-0.2, -0.15) is 5.10 Å². The number of nitrogens with zero attached hydrogens (tertiary/aromatic N) is 2. The van der Waals surface area contributed by atoms with E-state index in [1.807, 2.05) is 6.92 Å². The normalized spacial score (nSPS) is 43.9. The molecule has 0 bridgehead atoms. The molecule has 4 saturated carbocycles. The first kappa shape index (κ1) is 22.6. The van der Waals surface area contributed by atoms with Gasteiger partial charge in [-0.1, -0.05) is 6.92 Å². The molecule has 1 aromatic rings. The first-order valence-corrected chi connectivity index (χ1v) is 14.3. The fraction of sp³-hybridized carbons (Fsp3) is 0.840. The third kappa shape index (κ3) is 3.77. The Kier molecular flexibility index (Phi) is 5.40. The number of Topliss-reactive ketones (excluding diaryl/α,β-unsaturated/α-hetero) is 1. The van der Waals surface area contributed by atoms with E-state index in [2.05, 4.69) is 12.0 Å². The molecule has 0 spiro atoms. The van der Waals surface area contributed by atoms with Crippen molar-refractivity contribution in [3.05, 3.63) is 12.4 Å². The second-order valence-corrected chi connectivity index (χ2v) is 14.0. The quantitative estimate of drug-likeness (QED) is 0.734. The van der Waals surface area contributed by atoms with Gasteiger partial charge in [0.25, 0.3) is 0 Å². The average Bonchev–Trinajstić information content (AvgIpc) is 3.30. The van der Waals surface area contributed by atoms with Crippen molar-refractivity contribution in [2.45, 2.75) is 88.7 Å². The van der Waals surface area contributed by atoms with E-state index < -0.39 is 15.4 Å². The summed E-state index contributed by atoms with van der Waals surface area (Å²) in [7, 11) is -3.31. The topological polar surface area (TPSA) is 89.3 Å². The number of fused-ring (bicyclic) bond motifs is 5. The molecule has 8 atom stereocenters. The van der Waals surface area contributed by atoms with Crippen molar-refractivity contribution >= 4 is 15.6 Å². The monoisotopic (exact) mass is 462 g/mol. The molecule has 0 amide bonds. The summed E-state index contributed by atoms with van der Waals surface area (Å²) in [5.41, 5.74) is -0.427. The lowest BCUT2D eigenvalue weighted by molar-refractivity contribution is -0.133. The van der Waals surface area contributed by atoms with Gasteiger partial charge in [0.15, 0.2) is 15.6 Å². The molecule has 4 aliphatic carbocycles. The highest BCUT2D eigenvalue weighted by atomic mass is 32.2. The third-order valence-electron chi connectivity index (χ3n) is 9.98. The van der Waals surface area contributed by atoms with Gasteiger partial charge in [-0.05, 0) is 99.7 Å². The molecule has 32 heavy (non-hydrogen) atoms. The largest absolute Gasteiger partial charge is 0.390 e. The first-order chi connectivity index (χ1) is 15.0. The highest BCUT2D eigenvalue weighted by Gasteiger charge is 2.58. The van der Waals surface area contributed by atoms with Crippen LogP contribution >= 0.6 is 0 Å². The molecule has 0 saturated heterocycles. The Hall–Kier alpha value is -1.21. The maximum absolute atomic E-state index is 13.4. The minimum Gasteiger partial charge on any atom is -0.390 e. The Morgan fingerprint density at radius 2 is 1.84 bits per heavy atom. The maximum atomic E-state index is 13.4. The second-order valence-electron chi connectivity index (χ2n) is 12.0. The van der Waals surface area contributed by atoms with Crippen LogP contribution in [0.2, 0.25) is 0 Å². The summed E-state index contributed by atoms with van der Waals surface area (Å²) in [6, 6.07) is 0. The minimum absolute atomic E-state index is 0.0455. The van der Waals surface area contributed by atoms with Crippen molar-refractivity contribution in [2.75, 3.05) is 6.26 Å². The van der Waals surface area contributed by atoms with E-state index in [1.54, 1.807) is 0 Å². The third-order valence-corrected chi connectivity index (χ3v) is 11.0. The van der Waals surface area contributed by atoms with Gasteiger partial charge in [0.05, 0.1) is 18.3 Å². The molecule has 6 nitrogen and oxygen atoms in total. The van der Waals surface area contributed by atoms with E-state index in [0.29, 0.717) is 11.8 Å². The Bertz CT molecular complexity index is 999. The zero-order chi connectivity index (χ0) is 22.9. The molecule has 7 heteroatoms. The number of carbonyl (C=O) groups is 1. The van der Waals surface area contributed by atoms with E-state index in [0.717, 1.165) is 56.3 Å². The lowest BCUT2D eigenvalue weighted by Crippen LogP contribution is -2.51. The molecular weight excluding hydrogens is 424 g/mol. The fourth-order valence-electron chi connectivity index (χ4n) is 8.50. The average molecular weight is 463 g/mol. The lowest BCUT2D eigenvalue weighted by Gasteiger charge is -2.56. The van der Waals surface area contributed by atoms with E-state index in [-0.39, 0.29) is 28.6 Å². The molecule has 4 fully saturated rings. The summed E-state index contributed by atoms with van der Waals surface area (Å²) in [4.78, 5) is 13.5. The maximum Gasteiger partial charge on any atom is 0.178 e. The molecule has 5 rings (SSSR count). The van der Waals surface area contributed by atoms with Crippen molar-refractivity contribution in [2.24, 2.45) is 40.9 Å². The molecule has 178 valence electrons. The Labute approximate surface area is 192 Å². The van der Waals surface area contributed by atoms with Crippen molar-refractivity contribution in [1.82, 2.24) is 9.78 Å². The Morgan fingerprint density at radius 1 is 1.09 bits per heavy atom. The van der Waals surface area contributed by atoms with E-state index in [4.69, 9.17) is 0 Å². The summed E-state index contributed by atoms with van der Waals surface area (Å²) in [5.74, 6) is 3.78. The van der Waals surface area contributed by atoms with Crippen LogP contribution in [-0.4, -0.2) is 40.9 Å². The van der Waals surface area contributed by atoms with Gasteiger partial charge in [0.2, 0.25) is 0 Å². The number of aromatic nitrogens is 2. The summed E-state index contributed by atoms with van der Waals surface area (Å²) in [6.45, 7) is 4.53. The number of aliphatic hydroxyl groups is 1. The van der Waals surface area contributed by atoms with Crippen molar-refractivity contribution < 1.29 is 18.3 Å². The Morgan fingerprint density at radius 3 is 2.56 bits per heavy atom. The molecule has 0 unspecified atom stereocenters. The smallest absolute Gasteiger partial charge is 0.178 e. The van der Waals surface area contributed by atoms with E-state index >= 15 is 0 Å². The SMILES string of the molecule is C[C@@]1(O)CC[C@H]2[C@@H](CC[C@@H]3[C@@H]2CC[C@]2(C)[C@@H](C(=O)Cn4cc(S(C)(=O)=O)cn4)CC[C@@H]32)C1. The molecule has 0 radical (unpaired) electrons. The van der Waals surface area contributed by atoms with Gasteiger partial charge in [0.1, 0.15) is 4.90 Å². The van der Waals surface area contributed by atoms with Crippen LogP contribution in [0.1, 0.15) is 71.6 Å². The van der Waals surface area contributed by atoms with E-state index in [9.17, 15) is 18.3 Å². The minimum atomic E-state index is -3.31. The van der Waals surface area contributed by atoms with Crippen LogP contribution < -0.4 is 0 Å². The van der Waals surface area contributed by atoms with Crippen LogP contribution in [-0.2, 0) is 21.2 Å². The molecular formula is C25H38N2O4S. The van der Waals surface area contributed by atoms with Crippen LogP contribution in [0.3, 0.4) is 0 Å². The van der Waals surface area contributed by atoms with Gasteiger partial charge >= 0.3 is 0 Å². The van der Waals surface area contributed by atoms with Gasteiger partial charge < -0.3 is 5.11 Å². The molecule has 1 N–H and O–H groups in total. The summed E-state index contributed by atoms with van der Waals surface area (Å²) >= 11 is 0. The number of ketones is 1. The number of sulfone groups is 1. The molecule has 0 aromatic carbocycles. The van der Waals surface area contributed by atoms with Crippen molar-refractivity contribution in [3.8, 4) is 0 Å². The number of hydrogen-bond donors (Lipinski definition) is 1.